The Morgan fingerprint density at radius 2 is 2.00 bits per heavy atom. The Hall–Kier alpha value is -2.73. The van der Waals surface area contributed by atoms with Crippen molar-refractivity contribution in [2.24, 2.45) is 0 Å². The molecule has 0 fully saturated rings. The van der Waals surface area contributed by atoms with Crippen LogP contribution in [0.5, 0.6) is 0 Å². The molecule has 0 amide bonds. The molecule has 0 aliphatic carbocycles. The Kier molecular flexibility index (Phi) is 4.34. The Bertz CT molecular complexity index is 814. The van der Waals surface area contributed by atoms with Crippen LogP contribution in [0.1, 0.15) is 12.5 Å². The molecule has 0 radical (unpaired) electrons. The minimum Gasteiger partial charge on any atom is -0.313 e. The summed E-state index contributed by atoms with van der Waals surface area (Å²) < 4.78 is 1.85. The summed E-state index contributed by atoms with van der Waals surface area (Å²) in [6.45, 7) is 4.65. The van der Waals surface area contributed by atoms with Crippen molar-refractivity contribution in [3.05, 3.63) is 70.4 Å². The van der Waals surface area contributed by atoms with Crippen LogP contribution < -0.4 is 4.90 Å². The second-order valence-electron chi connectivity index (χ2n) is 5.57. The van der Waals surface area contributed by atoms with E-state index in [1.54, 1.807) is 18.3 Å². The number of benzene rings is 2. The third-order valence-electron chi connectivity index (χ3n) is 4.01. The summed E-state index contributed by atoms with van der Waals surface area (Å²) in [4.78, 5) is 11.9. The lowest BCUT2D eigenvalue weighted by molar-refractivity contribution is -0.935. The van der Waals surface area contributed by atoms with E-state index in [-0.39, 0.29) is 10.6 Å². The number of nitrogens with zero attached hydrogens (tertiary/aromatic N) is 3. The lowest BCUT2D eigenvalue weighted by atomic mass is 10.2. The molecular formula is C17H19N4O2+. The third kappa shape index (κ3) is 3.37. The summed E-state index contributed by atoms with van der Waals surface area (Å²) >= 11 is 0. The predicted molar refractivity (Wildman–Crippen MR) is 88.0 cm³/mol. The summed E-state index contributed by atoms with van der Waals surface area (Å²) in [5, 5.41) is 16.3. The lowest BCUT2D eigenvalue weighted by Crippen LogP contribution is -3.09. The van der Waals surface area contributed by atoms with Gasteiger partial charge in [0.15, 0.2) is 6.67 Å². The van der Waals surface area contributed by atoms with Gasteiger partial charge in [-0.25, -0.2) is 4.68 Å². The van der Waals surface area contributed by atoms with E-state index in [1.807, 2.05) is 22.9 Å². The quantitative estimate of drug-likeness (QED) is 0.559. The average molecular weight is 311 g/mol. The van der Waals surface area contributed by atoms with Crippen molar-refractivity contribution >= 4 is 16.6 Å². The number of hydrogen-bond donors (Lipinski definition) is 1. The number of non-ortho nitro benzene ring substituents is 1. The molecule has 118 valence electrons. The monoisotopic (exact) mass is 311 g/mol. The van der Waals surface area contributed by atoms with Gasteiger partial charge in [0.2, 0.25) is 0 Å². The Labute approximate surface area is 134 Å². The number of rotatable bonds is 6. The van der Waals surface area contributed by atoms with E-state index in [0.29, 0.717) is 6.67 Å². The van der Waals surface area contributed by atoms with Gasteiger partial charge in [-0.2, -0.15) is 5.10 Å². The number of fused-ring (bicyclic) bond motifs is 1. The van der Waals surface area contributed by atoms with Crippen LogP contribution in [0, 0.1) is 10.1 Å². The highest BCUT2D eigenvalue weighted by Crippen LogP contribution is 2.20. The first-order valence-corrected chi connectivity index (χ1v) is 7.65. The lowest BCUT2D eigenvalue weighted by Gasteiger charge is -2.18. The fourth-order valence-corrected chi connectivity index (χ4v) is 2.69. The topological polar surface area (TPSA) is 65.4 Å². The molecule has 6 nitrogen and oxygen atoms in total. The smallest absolute Gasteiger partial charge is 0.271 e. The van der Waals surface area contributed by atoms with Crippen molar-refractivity contribution in [2.75, 3.05) is 6.54 Å². The molecule has 3 rings (SSSR count). The number of quaternary nitrogens is 1. The normalized spacial score (nSPS) is 12.4. The molecule has 1 atom stereocenters. The SMILES string of the molecule is CC[NH+](Cc1ccccc1)Cn1ncc2ccc([N+](=O)[O-])cc21. The molecule has 1 aromatic heterocycles. The molecule has 1 N–H and O–H groups in total. The minimum absolute atomic E-state index is 0.0976. The molecule has 0 saturated heterocycles. The molecule has 6 heteroatoms. The summed E-state index contributed by atoms with van der Waals surface area (Å²) in [6.07, 6.45) is 1.76. The molecule has 1 unspecified atom stereocenters. The molecule has 1 heterocycles. The van der Waals surface area contributed by atoms with E-state index in [0.717, 1.165) is 24.0 Å². The summed E-state index contributed by atoms with van der Waals surface area (Å²) in [7, 11) is 0. The molecule has 0 aliphatic rings. The van der Waals surface area contributed by atoms with Crippen LogP contribution >= 0.6 is 0 Å². The average Bonchev–Trinajstić information content (AvgIpc) is 2.97. The van der Waals surface area contributed by atoms with Gasteiger partial charge in [0.05, 0.1) is 23.2 Å². The van der Waals surface area contributed by atoms with Gasteiger partial charge in [0.25, 0.3) is 5.69 Å². The number of nitro groups is 1. The van der Waals surface area contributed by atoms with Gasteiger partial charge in [0.1, 0.15) is 6.54 Å². The zero-order valence-electron chi connectivity index (χ0n) is 13.0. The number of aromatic nitrogens is 2. The predicted octanol–water partition coefficient (Wildman–Crippen LogP) is 2.01. The first-order chi connectivity index (χ1) is 11.2. The highest BCUT2D eigenvalue weighted by atomic mass is 16.6. The van der Waals surface area contributed by atoms with Crippen LogP contribution in [0.2, 0.25) is 0 Å². The summed E-state index contributed by atoms with van der Waals surface area (Å²) in [5.41, 5.74) is 2.17. The molecule has 23 heavy (non-hydrogen) atoms. The van der Waals surface area contributed by atoms with Gasteiger partial charge < -0.3 is 4.90 Å². The van der Waals surface area contributed by atoms with Gasteiger partial charge in [-0.05, 0) is 13.0 Å². The fraction of sp³-hybridized carbons (Fsp3) is 0.235. The van der Waals surface area contributed by atoms with Crippen molar-refractivity contribution in [2.45, 2.75) is 20.1 Å². The van der Waals surface area contributed by atoms with Crippen LogP contribution in [0.25, 0.3) is 10.9 Å². The zero-order valence-corrected chi connectivity index (χ0v) is 13.0. The second kappa shape index (κ2) is 6.58. The number of nitro benzene ring substituents is 1. The number of hydrogen-bond acceptors (Lipinski definition) is 3. The zero-order chi connectivity index (χ0) is 16.2. The molecule has 0 saturated carbocycles. The van der Waals surface area contributed by atoms with Gasteiger partial charge in [-0.3, -0.25) is 10.1 Å². The van der Waals surface area contributed by atoms with Gasteiger partial charge >= 0.3 is 0 Å². The minimum atomic E-state index is -0.370. The van der Waals surface area contributed by atoms with E-state index >= 15 is 0 Å². The highest BCUT2D eigenvalue weighted by Gasteiger charge is 2.14. The van der Waals surface area contributed by atoms with Crippen molar-refractivity contribution < 1.29 is 9.82 Å². The van der Waals surface area contributed by atoms with Crippen LogP contribution in [0.3, 0.4) is 0 Å². The summed E-state index contributed by atoms with van der Waals surface area (Å²) in [5.74, 6) is 0. The molecule has 3 aromatic rings. The molecule has 0 bridgehead atoms. The maximum atomic E-state index is 11.0. The Balaban J connectivity index is 1.84. The van der Waals surface area contributed by atoms with Crippen molar-refractivity contribution in [1.82, 2.24) is 9.78 Å². The van der Waals surface area contributed by atoms with E-state index in [1.165, 1.54) is 16.5 Å². The van der Waals surface area contributed by atoms with Crippen molar-refractivity contribution in [3.63, 3.8) is 0 Å². The fourth-order valence-electron chi connectivity index (χ4n) is 2.69. The van der Waals surface area contributed by atoms with Gasteiger partial charge in [-0.1, -0.05) is 30.3 Å². The molecule has 0 aliphatic heterocycles. The van der Waals surface area contributed by atoms with Gasteiger partial charge in [-0.15, -0.1) is 0 Å². The van der Waals surface area contributed by atoms with E-state index in [9.17, 15) is 10.1 Å². The van der Waals surface area contributed by atoms with E-state index in [2.05, 4.69) is 24.2 Å². The molecular weight excluding hydrogens is 292 g/mol. The Morgan fingerprint density at radius 3 is 2.70 bits per heavy atom. The number of nitrogens with one attached hydrogen (secondary N) is 1. The Morgan fingerprint density at radius 1 is 1.22 bits per heavy atom. The third-order valence-corrected chi connectivity index (χ3v) is 4.01. The molecule has 0 spiro atoms. The first kappa shape index (κ1) is 15.2. The van der Waals surface area contributed by atoms with E-state index < -0.39 is 0 Å². The summed E-state index contributed by atoms with van der Waals surface area (Å²) in [6, 6.07) is 15.2. The maximum Gasteiger partial charge on any atom is 0.271 e. The largest absolute Gasteiger partial charge is 0.313 e. The van der Waals surface area contributed by atoms with Crippen LogP contribution in [0.15, 0.2) is 54.7 Å². The van der Waals surface area contributed by atoms with Crippen molar-refractivity contribution in [3.8, 4) is 0 Å². The van der Waals surface area contributed by atoms with Crippen molar-refractivity contribution in [1.29, 1.82) is 0 Å². The molecule has 2 aromatic carbocycles. The van der Waals surface area contributed by atoms with Crippen LogP contribution in [0.4, 0.5) is 5.69 Å². The maximum absolute atomic E-state index is 11.0. The van der Waals surface area contributed by atoms with Crippen LogP contribution in [-0.4, -0.2) is 21.2 Å². The first-order valence-electron chi connectivity index (χ1n) is 7.65. The van der Waals surface area contributed by atoms with Gasteiger partial charge in [0, 0.05) is 23.1 Å². The second-order valence-corrected chi connectivity index (χ2v) is 5.57. The van der Waals surface area contributed by atoms with Crippen LogP contribution in [-0.2, 0) is 13.2 Å². The standard InChI is InChI=1S/C17H18N4O2/c1-2-19(12-14-6-4-3-5-7-14)13-20-17-10-16(21(22)23)9-8-15(17)11-18-20/h3-11H,2,12-13H2,1H3/p+1. The van der Waals surface area contributed by atoms with E-state index in [4.69, 9.17) is 0 Å². The highest BCUT2D eigenvalue weighted by molar-refractivity contribution is 5.80.